The summed E-state index contributed by atoms with van der Waals surface area (Å²) in [6.45, 7) is 0. The number of carbonyl (C=O) groups excluding carboxylic acids is 1. The van der Waals surface area contributed by atoms with E-state index in [4.69, 9.17) is 8.83 Å². The second-order valence-electron chi connectivity index (χ2n) is 3.16. The lowest BCUT2D eigenvalue weighted by Gasteiger charge is -2.20. The molecule has 0 unspecified atom stereocenters. The van der Waals surface area contributed by atoms with Crippen LogP contribution in [0.15, 0.2) is 45.6 Å². The molecule has 0 aromatic carbocycles. The molecule has 2 aromatic heterocycles. The third-order valence-electron chi connectivity index (χ3n) is 2.24. The Morgan fingerprint density at radius 3 is 2.06 bits per heavy atom. The minimum absolute atomic E-state index is 0.0503. The van der Waals surface area contributed by atoms with E-state index in [1.54, 1.807) is 12.1 Å². The second-order valence-corrected chi connectivity index (χ2v) is 3.16. The number of esters is 1. The molecule has 2 heterocycles. The molecule has 0 aliphatic heterocycles. The van der Waals surface area contributed by atoms with Crippen molar-refractivity contribution in [2.75, 3.05) is 7.11 Å². The Balaban J connectivity index is 2.54. The fraction of sp³-hybridized carbons (Fsp3) is 0.182. The van der Waals surface area contributed by atoms with Crippen molar-refractivity contribution in [2.24, 2.45) is 0 Å². The number of aliphatic hydroxyl groups is 1. The van der Waals surface area contributed by atoms with Gasteiger partial charge in [-0.2, -0.15) is 0 Å². The van der Waals surface area contributed by atoms with Crippen LogP contribution >= 0.6 is 0 Å². The molecule has 0 saturated carbocycles. The maximum Gasteiger partial charge on any atom is 0.354 e. The zero-order chi connectivity index (χ0) is 11.6. The first-order valence-corrected chi connectivity index (χ1v) is 4.58. The SMILES string of the molecule is COC(=O)C(O)(c1ccco1)c1ccco1. The predicted octanol–water partition coefficient (Wildman–Crippen LogP) is 1.28. The molecule has 16 heavy (non-hydrogen) atoms. The molecule has 0 aliphatic carbocycles. The van der Waals surface area contributed by atoms with Gasteiger partial charge in [0.15, 0.2) is 11.5 Å². The van der Waals surface area contributed by atoms with Crippen molar-refractivity contribution in [1.82, 2.24) is 0 Å². The molecular formula is C11H10O5. The van der Waals surface area contributed by atoms with Gasteiger partial charge in [0.1, 0.15) is 0 Å². The number of ether oxygens (including phenoxy) is 1. The van der Waals surface area contributed by atoms with Crippen LogP contribution in [0, 0.1) is 0 Å². The molecule has 5 nitrogen and oxygen atoms in total. The van der Waals surface area contributed by atoms with E-state index in [1.165, 1.54) is 31.8 Å². The van der Waals surface area contributed by atoms with Gasteiger partial charge in [-0.05, 0) is 24.3 Å². The number of carbonyl (C=O) groups is 1. The van der Waals surface area contributed by atoms with E-state index in [0.717, 1.165) is 0 Å². The second kappa shape index (κ2) is 3.86. The van der Waals surface area contributed by atoms with Crippen LogP contribution in [0.1, 0.15) is 11.5 Å². The highest BCUT2D eigenvalue weighted by Gasteiger charge is 2.46. The third-order valence-corrected chi connectivity index (χ3v) is 2.24. The Labute approximate surface area is 91.2 Å². The highest BCUT2D eigenvalue weighted by Crippen LogP contribution is 2.31. The van der Waals surface area contributed by atoms with E-state index < -0.39 is 11.6 Å². The van der Waals surface area contributed by atoms with Gasteiger partial charge in [0.2, 0.25) is 0 Å². The number of hydrogen-bond donors (Lipinski definition) is 1. The zero-order valence-corrected chi connectivity index (χ0v) is 8.54. The zero-order valence-electron chi connectivity index (χ0n) is 8.54. The van der Waals surface area contributed by atoms with Crippen LogP contribution in [0.2, 0.25) is 0 Å². The lowest BCUT2D eigenvalue weighted by atomic mass is 9.98. The van der Waals surface area contributed by atoms with Crippen molar-refractivity contribution < 1.29 is 23.5 Å². The summed E-state index contributed by atoms with van der Waals surface area (Å²) in [5.41, 5.74) is -2.04. The van der Waals surface area contributed by atoms with Gasteiger partial charge in [-0.25, -0.2) is 4.79 Å². The quantitative estimate of drug-likeness (QED) is 0.792. The summed E-state index contributed by atoms with van der Waals surface area (Å²) in [4.78, 5) is 11.6. The first-order chi connectivity index (χ1) is 7.69. The average molecular weight is 222 g/mol. The molecule has 2 rings (SSSR count). The molecule has 0 bridgehead atoms. The van der Waals surface area contributed by atoms with Crippen LogP contribution in [-0.4, -0.2) is 18.2 Å². The third kappa shape index (κ3) is 1.42. The average Bonchev–Trinajstić information content (AvgIpc) is 2.98. The fourth-order valence-electron chi connectivity index (χ4n) is 1.44. The van der Waals surface area contributed by atoms with E-state index in [2.05, 4.69) is 4.74 Å². The highest BCUT2D eigenvalue weighted by atomic mass is 16.5. The molecule has 0 aliphatic rings. The van der Waals surface area contributed by atoms with Gasteiger partial charge in [0.25, 0.3) is 5.60 Å². The fourth-order valence-corrected chi connectivity index (χ4v) is 1.44. The smallest absolute Gasteiger partial charge is 0.354 e. The van der Waals surface area contributed by atoms with Crippen LogP contribution in [-0.2, 0) is 15.1 Å². The van der Waals surface area contributed by atoms with Crippen LogP contribution in [0.5, 0.6) is 0 Å². The lowest BCUT2D eigenvalue weighted by molar-refractivity contribution is -0.162. The van der Waals surface area contributed by atoms with Crippen LogP contribution < -0.4 is 0 Å². The number of furan rings is 2. The number of methoxy groups -OCH3 is 1. The summed E-state index contributed by atoms with van der Waals surface area (Å²) in [5, 5.41) is 10.3. The monoisotopic (exact) mass is 222 g/mol. The molecule has 0 fully saturated rings. The van der Waals surface area contributed by atoms with E-state index >= 15 is 0 Å². The molecule has 0 amide bonds. The minimum Gasteiger partial charge on any atom is -0.466 e. The van der Waals surface area contributed by atoms with Crippen molar-refractivity contribution in [3.63, 3.8) is 0 Å². The Bertz CT molecular complexity index is 420. The van der Waals surface area contributed by atoms with Crippen LogP contribution in [0.3, 0.4) is 0 Å². The molecule has 0 saturated heterocycles. The molecule has 1 N–H and O–H groups in total. The maximum atomic E-state index is 11.6. The van der Waals surface area contributed by atoms with Gasteiger partial charge < -0.3 is 18.7 Å². The molecule has 2 aromatic rings. The lowest BCUT2D eigenvalue weighted by Crippen LogP contribution is -2.37. The van der Waals surface area contributed by atoms with Gasteiger partial charge in [-0.3, -0.25) is 0 Å². The van der Waals surface area contributed by atoms with Gasteiger partial charge in [0, 0.05) is 0 Å². The van der Waals surface area contributed by atoms with Crippen LogP contribution in [0.25, 0.3) is 0 Å². The molecule has 0 atom stereocenters. The first-order valence-electron chi connectivity index (χ1n) is 4.58. The first kappa shape index (κ1) is 10.5. The van der Waals surface area contributed by atoms with E-state index in [0.29, 0.717) is 0 Å². The number of rotatable bonds is 3. The Kier molecular flexibility index (Phi) is 2.54. The summed E-state index contributed by atoms with van der Waals surface area (Å²) < 4.78 is 14.6. The minimum atomic E-state index is -2.04. The summed E-state index contributed by atoms with van der Waals surface area (Å²) in [6.07, 6.45) is 2.71. The molecule has 5 heteroatoms. The van der Waals surface area contributed by atoms with Crippen molar-refractivity contribution in [1.29, 1.82) is 0 Å². The summed E-state index contributed by atoms with van der Waals surface area (Å²) >= 11 is 0. The summed E-state index contributed by atoms with van der Waals surface area (Å²) in [6, 6.07) is 6.07. The summed E-state index contributed by atoms with van der Waals surface area (Å²) in [7, 11) is 1.18. The summed E-state index contributed by atoms with van der Waals surface area (Å²) in [5.74, 6) is -0.763. The standard InChI is InChI=1S/C11H10O5/c1-14-10(12)11(13,8-4-2-6-15-8)9-5-3-7-16-9/h2-7,13H,1H3. The molecule has 0 spiro atoms. The highest BCUT2D eigenvalue weighted by molar-refractivity contribution is 5.83. The van der Waals surface area contributed by atoms with Crippen LogP contribution in [0.4, 0.5) is 0 Å². The van der Waals surface area contributed by atoms with Gasteiger partial charge >= 0.3 is 5.97 Å². The Morgan fingerprint density at radius 1 is 1.25 bits per heavy atom. The van der Waals surface area contributed by atoms with Gasteiger partial charge in [-0.1, -0.05) is 0 Å². The van der Waals surface area contributed by atoms with Crippen molar-refractivity contribution in [2.45, 2.75) is 5.60 Å². The number of hydrogen-bond acceptors (Lipinski definition) is 5. The normalized spacial score (nSPS) is 11.4. The Morgan fingerprint density at radius 2 is 1.75 bits per heavy atom. The van der Waals surface area contributed by atoms with Gasteiger partial charge in [-0.15, -0.1) is 0 Å². The van der Waals surface area contributed by atoms with E-state index in [1.807, 2.05) is 0 Å². The van der Waals surface area contributed by atoms with Crippen molar-refractivity contribution >= 4 is 5.97 Å². The van der Waals surface area contributed by atoms with Crippen molar-refractivity contribution in [3.05, 3.63) is 48.3 Å². The topological polar surface area (TPSA) is 72.8 Å². The maximum absolute atomic E-state index is 11.6. The Hall–Kier alpha value is -2.01. The predicted molar refractivity (Wildman–Crippen MR) is 52.4 cm³/mol. The largest absolute Gasteiger partial charge is 0.466 e. The molecule has 84 valence electrons. The van der Waals surface area contributed by atoms with Gasteiger partial charge in [0.05, 0.1) is 19.6 Å². The molecule has 0 radical (unpaired) electrons. The van der Waals surface area contributed by atoms with E-state index in [-0.39, 0.29) is 11.5 Å². The molecular weight excluding hydrogens is 212 g/mol. The van der Waals surface area contributed by atoms with E-state index in [9.17, 15) is 9.90 Å². The van der Waals surface area contributed by atoms with Crippen molar-refractivity contribution in [3.8, 4) is 0 Å².